The van der Waals surface area contributed by atoms with Crippen molar-refractivity contribution in [3.63, 3.8) is 0 Å². The van der Waals surface area contributed by atoms with E-state index in [2.05, 4.69) is 29.2 Å². The first-order valence-electron chi connectivity index (χ1n) is 7.02. The van der Waals surface area contributed by atoms with Gasteiger partial charge in [-0.15, -0.1) is 0 Å². The molecule has 0 spiro atoms. The number of hydrogen-bond donors (Lipinski definition) is 1. The van der Waals surface area contributed by atoms with E-state index in [4.69, 9.17) is 0 Å². The van der Waals surface area contributed by atoms with Crippen molar-refractivity contribution < 1.29 is 5.11 Å². The third-order valence-electron chi connectivity index (χ3n) is 4.47. The number of anilines is 1. The standard InChI is InChI=1S/C17H17NO/c19-17-8-2-6-13-14-7-3-11-18(12-4-1-5-12)16(14)10-9-15(13)17/h2-3,6-10,12,19H,1,4-5,11H2. The van der Waals surface area contributed by atoms with Gasteiger partial charge in [-0.25, -0.2) is 0 Å². The lowest BCUT2D eigenvalue weighted by molar-refractivity contribution is 0.393. The predicted octanol–water partition coefficient (Wildman–Crippen LogP) is 3.93. The van der Waals surface area contributed by atoms with Crippen LogP contribution in [0.1, 0.15) is 24.8 Å². The van der Waals surface area contributed by atoms with Gasteiger partial charge in [0, 0.05) is 29.2 Å². The van der Waals surface area contributed by atoms with Crippen LogP contribution in [-0.2, 0) is 0 Å². The lowest BCUT2D eigenvalue weighted by atomic mass is 9.89. The Kier molecular flexibility index (Phi) is 2.31. The van der Waals surface area contributed by atoms with Gasteiger partial charge >= 0.3 is 0 Å². The van der Waals surface area contributed by atoms with Gasteiger partial charge < -0.3 is 10.0 Å². The predicted molar refractivity (Wildman–Crippen MR) is 79.6 cm³/mol. The van der Waals surface area contributed by atoms with Crippen LogP contribution in [0.5, 0.6) is 5.75 Å². The maximum Gasteiger partial charge on any atom is 0.123 e. The van der Waals surface area contributed by atoms with Crippen LogP contribution in [0.4, 0.5) is 5.69 Å². The summed E-state index contributed by atoms with van der Waals surface area (Å²) in [5.41, 5.74) is 2.58. The Hall–Kier alpha value is -1.96. The van der Waals surface area contributed by atoms with Crippen LogP contribution in [0, 0.1) is 0 Å². The second-order valence-corrected chi connectivity index (χ2v) is 5.51. The number of phenolic OH excluding ortho intramolecular Hbond substituents is 1. The van der Waals surface area contributed by atoms with Gasteiger partial charge in [-0.3, -0.25) is 0 Å². The number of phenols is 1. The Bertz CT molecular complexity index is 670. The second kappa shape index (κ2) is 4.02. The topological polar surface area (TPSA) is 23.5 Å². The summed E-state index contributed by atoms with van der Waals surface area (Å²) >= 11 is 0. The monoisotopic (exact) mass is 251 g/mol. The van der Waals surface area contributed by atoms with E-state index >= 15 is 0 Å². The SMILES string of the molecule is Oc1cccc2c3c(ccc12)N(C1CCC1)CC=C3. The van der Waals surface area contributed by atoms with Gasteiger partial charge in [0.15, 0.2) is 0 Å². The van der Waals surface area contributed by atoms with Gasteiger partial charge in [0.05, 0.1) is 0 Å². The molecule has 1 aliphatic heterocycles. The highest BCUT2D eigenvalue weighted by atomic mass is 16.3. The summed E-state index contributed by atoms with van der Waals surface area (Å²) in [4.78, 5) is 2.52. The summed E-state index contributed by atoms with van der Waals surface area (Å²) in [6.45, 7) is 1.02. The molecule has 1 heterocycles. The molecule has 0 atom stereocenters. The van der Waals surface area contributed by atoms with E-state index in [9.17, 15) is 5.11 Å². The maximum absolute atomic E-state index is 9.97. The van der Waals surface area contributed by atoms with Crippen molar-refractivity contribution in [2.75, 3.05) is 11.4 Å². The maximum atomic E-state index is 9.97. The summed E-state index contributed by atoms with van der Waals surface area (Å²) in [6.07, 6.45) is 8.42. The molecular weight excluding hydrogens is 234 g/mol. The van der Waals surface area contributed by atoms with E-state index in [1.165, 1.54) is 30.5 Å². The molecule has 0 bridgehead atoms. The smallest absolute Gasteiger partial charge is 0.123 e. The molecule has 0 amide bonds. The Morgan fingerprint density at radius 2 is 1.95 bits per heavy atom. The summed E-state index contributed by atoms with van der Waals surface area (Å²) < 4.78 is 0. The van der Waals surface area contributed by atoms with Crippen molar-refractivity contribution in [2.45, 2.75) is 25.3 Å². The number of fused-ring (bicyclic) bond motifs is 3. The molecule has 1 N–H and O–H groups in total. The quantitative estimate of drug-likeness (QED) is 0.830. The molecule has 2 heteroatoms. The van der Waals surface area contributed by atoms with Crippen LogP contribution in [0.2, 0.25) is 0 Å². The van der Waals surface area contributed by atoms with Crippen molar-refractivity contribution in [1.29, 1.82) is 0 Å². The lowest BCUT2D eigenvalue weighted by Crippen LogP contribution is -2.41. The van der Waals surface area contributed by atoms with E-state index in [1.54, 1.807) is 6.07 Å². The molecule has 1 aliphatic carbocycles. The van der Waals surface area contributed by atoms with Crippen molar-refractivity contribution in [3.05, 3.63) is 42.0 Å². The minimum absolute atomic E-state index is 0.370. The van der Waals surface area contributed by atoms with Crippen LogP contribution in [-0.4, -0.2) is 17.7 Å². The molecule has 4 rings (SSSR count). The molecule has 2 nitrogen and oxygen atoms in total. The Morgan fingerprint density at radius 3 is 2.74 bits per heavy atom. The number of hydrogen-bond acceptors (Lipinski definition) is 2. The zero-order valence-corrected chi connectivity index (χ0v) is 10.8. The average Bonchev–Trinajstić information content (AvgIpc) is 2.37. The highest BCUT2D eigenvalue weighted by Crippen LogP contribution is 2.39. The van der Waals surface area contributed by atoms with Crippen LogP contribution >= 0.6 is 0 Å². The summed E-state index contributed by atoms with van der Waals surface area (Å²) in [6, 6.07) is 10.7. The van der Waals surface area contributed by atoms with E-state index < -0.39 is 0 Å². The number of benzene rings is 2. The molecule has 0 radical (unpaired) electrons. The van der Waals surface area contributed by atoms with Crippen molar-refractivity contribution in [1.82, 2.24) is 0 Å². The minimum Gasteiger partial charge on any atom is -0.507 e. The molecule has 0 unspecified atom stereocenters. The average molecular weight is 251 g/mol. The van der Waals surface area contributed by atoms with Crippen molar-refractivity contribution in [2.24, 2.45) is 0 Å². The molecule has 2 aliphatic rings. The summed E-state index contributed by atoms with van der Waals surface area (Å²) in [5, 5.41) is 12.1. The van der Waals surface area contributed by atoms with Crippen LogP contribution in [0.25, 0.3) is 16.8 Å². The van der Waals surface area contributed by atoms with Gasteiger partial charge in [-0.05, 0) is 42.8 Å². The minimum atomic E-state index is 0.370. The van der Waals surface area contributed by atoms with E-state index in [1.807, 2.05) is 12.1 Å². The fraction of sp³-hybridized carbons (Fsp3) is 0.294. The highest BCUT2D eigenvalue weighted by molar-refractivity contribution is 5.99. The van der Waals surface area contributed by atoms with Gasteiger partial charge in [-0.1, -0.05) is 24.3 Å². The number of nitrogens with zero attached hydrogens (tertiary/aromatic N) is 1. The normalized spacial score (nSPS) is 18.4. The zero-order valence-electron chi connectivity index (χ0n) is 10.8. The summed E-state index contributed by atoms with van der Waals surface area (Å²) in [5.74, 6) is 0.370. The third-order valence-corrected chi connectivity index (χ3v) is 4.47. The molecule has 96 valence electrons. The first-order chi connectivity index (χ1) is 9.34. The fourth-order valence-electron chi connectivity index (χ4n) is 3.21. The first kappa shape index (κ1) is 10.9. The van der Waals surface area contributed by atoms with Gasteiger partial charge in [-0.2, -0.15) is 0 Å². The van der Waals surface area contributed by atoms with E-state index in [0.717, 1.165) is 17.3 Å². The molecule has 1 fully saturated rings. The van der Waals surface area contributed by atoms with Crippen LogP contribution in [0.15, 0.2) is 36.4 Å². The lowest BCUT2D eigenvalue weighted by Gasteiger charge is -2.41. The third kappa shape index (κ3) is 1.56. The second-order valence-electron chi connectivity index (χ2n) is 5.51. The highest BCUT2D eigenvalue weighted by Gasteiger charge is 2.27. The molecule has 19 heavy (non-hydrogen) atoms. The van der Waals surface area contributed by atoms with E-state index in [-0.39, 0.29) is 0 Å². The molecule has 0 saturated heterocycles. The Balaban J connectivity index is 1.93. The van der Waals surface area contributed by atoms with Gasteiger partial charge in [0.2, 0.25) is 0 Å². The molecule has 2 aromatic rings. The molecule has 0 aromatic heterocycles. The molecule has 2 aromatic carbocycles. The van der Waals surface area contributed by atoms with Crippen molar-refractivity contribution >= 4 is 22.5 Å². The Morgan fingerprint density at radius 1 is 1.05 bits per heavy atom. The van der Waals surface area contributed by atoms with Gasteiger partial charge in [0.25, 0.3) is 0 Å². The summed E-state index contributed by atoms with van der Waals surface area (Å²) in [7, 11) is 0. The van der Waals surface area contributed by atoms with Crippen LogP contribution < -0.4 is 4.90 Å². The first-order valence-corrected chi connectivity index (χ1v) is 7.02. The fourth-order valence-corrected chi connectivity index (χ4v) is 3.21. The zero-order chi connectivity index (χ0) is 12.8. The van der Waals surface area contributed by atoms with E-state index in [0.29, 0.717) is 11.8 Å². The Labute approximate surface area is 113 Å². The number of rotatable bonds is 1. The molecule has 1 saturated carbocycles. The largest absolute Gasteiger partial charge is 0.507 e. The van der Waals surface area contributed by atoms with Crippen LogP contribution in [0.3, 0.4) is 0 Å². The number of aromatic hydroxyl groups is 1. The van der Waals surface area contributed by atoms with Gasteiger partial charge in [0.1, 0.15) is 5.75 Å². The van der Waals surface area contributed by atoms with Crippen molar-refractivity contribution in [3.8, 4) is 5.75 Å². The molecular formula is C17H17NO.